The molecule has 1 heterocycles. The van der Waals surface area contributed by atoms with Crippen molar-refractivity contribution in [3.05, 3.63) is 33.6 Å². The molecule has 2 N–H and O–H groups in total. The van der Waals surface area contributed by atoms with E-state index < -0.39 is 0 Å². The van der Waals surface area contributed by atoms with Gasteiger partial charge in [-0.15, -0.1) is 5.10 Å². The van der Waals surface area contributed by atoms with E-state index >= 15 is 0 Å². The SMILES string of the molecule is CCCNC(C)c1nnc(Nc2ccc(Cl)c(Br)c2)o1. The minimum atomic E-state index is 0.0370. The molecule has 5 nitrogen and oxygen atoms in total. The zero-order chi connectivity index (χ0) is 14.5. The molecule has 0 fully saturated rings. The van der Waals surface area contributed by atoms with Crippen molar-refractivity contribution in [1.29, 1.82) is 0 Å². The minimum Gasteiger partial charge on any atom is -0.406 e. The van der Waals surface area contributed by atoms with Gasteiger partial charge in [0.15, 0.2) is 0 Å². The first-order valence-corrected chi connectivity index (χ1v) is 7.56. The maximum Gasteiger partial charge on any atom is 0.320 e. The standard InChI is InChI=1S/C13H16BrClN4O/c1-3-6-16-8(2)12-18-19-13(20-12)17-9-4-5-11(15)10(14)7-9/h4-5,7-8,16H,3,6H2,1-2H3,(H,17,19). The molecule has 0 aliphatic carbocycles. The zero-order valence-electron chi connectivity index (χ0n) is 11.3. The summed E-state index contributed by atoms with van der Waals surface area (Å²) in [5, 5.41) is 15.0. The second-order valence-corrected chi connectivity index (χ2v) is 5.64. The number of benzene rings is 1. The normalized spacial score (nSPS) is 12.4. The predicted molar refractivity (Wildman–Crippen MR) is 83.4 cm³/mol. The van der Waals surface area contributed by atoms with Crippen LogP contribution < -0.4 is 10.6 Å². The van der Waals surface area contributed by atoms with E-state index in [1.54, 1.807) is 6.07 Å². The van der Waals surface area contributed by atoms with Crippen LogP contribution in [0.1, 0.15) is 32.2 Å². The minimum absolute atomic E-state index is 0.0370. The van der Waals surface area contributed by atoms with E-state index in [9.17, 15) is 0 Å². The molecule has 1 unspecified atom stereocenters. The number of rotatable bonds is 6. The number of nitrogens with one attached hydrogen (secondary N) is 2. The summed E-state index contributed by atoms with van der Waals surface area (Å²) in [6.45, 7) is 5.02. The van der Waals surface area contributed by atoms with Crippen LogP contribution in [-0.4, -0.2) is 16.7 Å². The van der Waals surface area contributed by atoms with Crippen LogP contribution in [0, 0.1) is 0 Å². The van der Waals surface area contributed by atoms with Crippen LogP contribution in [0.15, 0.2) is 27.1 Å². The highest BCUT2D eigenvalue weighted by Crippen LogP contribution is 2.27. The fourth-order valence-corrected chi connectivity index (χ4v) is 2.10. The third-order valence-corrected chi connectivity index (χ3v) is 3.90. The highest BCUT2D eigenvalue weighted by molar-refractivity contribution is 9.10. The highest BCUT2D eigenvalue weighted by atomic mass is 79.9. The summed E-state index contributed by atoms with van der Waals surface area (Å²) < 4.78 is 6.38. The molecule has 0 saturated carbocycles. The average Bonchev–Trinajstić information content (AvgIpc) is 2.89. The van der Waals surface area contributed by atoms with E-state index in [-0.39, 0.29) is 6.04 Å². The summed E-state index contributed by atoms with van der Waals surface area (Å²) in [4.78, 5) is 0. The van der Waals surface area contributed by atoms with Gasteiger partial charge in [0.25, 0.3) is 0 Å². The van der Waals surface area contributed by atoms with E-state index in [4.69, 9.17) is 16.0 Å². The van der Waals surface area contributed by atoms with Gasteiger partial charge in [-0.2, -0.15) is 0 Å². The molecular weight excluding hydrogens is 344 g/mol. The lowest BCUT2D eigenvalue weighted by atomic mass is 10.3. The van der Waals surface area contributed by atoms with Crippen molar-refractivity contribution in [2.24, 2.45) is 0 Å². The van der Waals surface area contributed by atoms with Gasteiger partial charge in [0.1, 0.15) is 0 Å². The number of anilines is 2. The maximum atomic E-state index is 5.94. The molecule has 1 atom stereocenters. The van der Waals surface area contributed by atoms with Gasteiger partial charge in [-0.05, 0) is 54.0 Å². The first kappa shape index (κ1) is 15.3. The third kappa shape index (κ3) is 3.94. The van der Waals surface area contributed by atoms with Gasteiger partial charge in [0.2, 0.25) is 5.89 Å². The quantitative estimate of drug-likeness (QED) is 0.805. The summed E-state index contributed by atoms with van der Waals surface area (Å²) in [7, 11) is 0. The number of hydrogen-bond donors (Lipinski definition) is 2. The van der Waals surface area contributed by atoms with Crippen molar-refractivity contribution in [3.63, 3.8) is 0 Å². The van der Waals surface area contributed by atoms with Crippen molar-refractivity contribution in [3.8, 4) is 0 Å². The average molecular weight is 360 g/mol. The Hall–Kier alpha value is -1.11. The summed E-state index contributed by atoms with van der Waals surface area (Å²) in [5.74, 6) is 0.564. The number of nitrogens with zero attached hydrogens (tertiary/aromatic N) is 2. The molecule has 1 aromatic carbocycles. The van der Waals surface area contributed by atoms with Crippen molar-refractivity contribution in [2.75, 3.05) is 11.9 Å². The third-order valence-electron chi connectivity index (χ3n) is 2.68. The fraction of sp³-hybridized carbons (Fsp3) is 0.385. The number of halogens is 2. The number of aromatic nitrogens is 2. The summed E-state index contributed by atoms with van der Waals surface area (Å²) in [5.41, 5.74) is 0.825. The van der Waals surface area contributed by atoms with Crippen molar-refractivity contribution in [2.45, 2.75) is 26.3 Å². The zero-order valence-corrected chi connectivity index (χ0v) is 13.6. The van der Waals surface area contributed by atoms with Crippen LogP contribution in [0.4, 0.5) is 11.7 Å². The van der Waals surface area contributed by atoms with Crippen LogP contribution in [0.5, 0.6) is 0 Å². The summed E-state index contributed by atoms with van der Waals surface area (Å²) in [6, 6.07) is 5.88. The Morgan fingerprint density at radius 1 is 1.40 bits per heavy atom. The van der Waals surface area contributed by atoms with Crippen molar-refractivity contribution in [1.82, 2.24) is 15.5 Å². The van der Waals surface area contributed by atoms with Gasteiger partial charge in [-0.3, -0.25) is 0 Å². The largest absolute Gasteiger partial charge is 0.406 e. The van der Waals surface area contributed by atoms with Gasteiger partial charge in [-0.25, -0.2) is 0 Å². The van der Waals surface area contributed by atoms with Gasteiger partial charge >= 0.3 is 6.01 Å². The highest BCUT2D eigenvalue weighted by Gasteiger charge is 2.13. The molecule has 0 aliphatic heterocycles. The smallest absolute Gasteiger partial charge is 0.320 e. The van der Waals surface area contributed by atoms with E-state index in [1.807, 2.05) is 19.1 Å². The fourth-order valence-electron chi connectivity index (χ4n) is 1.61. The molecule has 0 amide bonds. The van der Waals surface area contributed by atoms with Gasteiger partial charge < -0.3 is 15.1 Å². The summed E-state index contributed by atoms with van der Waals surface area (Å²) >= 11 is 9.31. The molecule has 0 saturated heterocycles. The molecule has 2 rings (SSSR count). The monoisotopic (exact) mass is 358 g/mol. The lowest BCUT2D eigenvalue weighted by Gasteiger charge is -2.07. The van der Waals surface area contributed by atoms with Crippen LogP contribution >= 0.6 is 27.5 Å². The molecule has 7 heteroatoms. The molecule has 0 spiro atoms. The second kappa shape index (κ2) is 7.06. The Balaban J connectivity index is 2.03. The van der Waals surface area contributed by atoms with E-state index in [0.717, 1.165) is 23.1 Å². The Labute approximate surface area is 131 Å². The Bertz CT molecular complexity index is 575. The predicted octanol–water partition coefficient (Wildman–Crippen LogP) is 4.29. The van der Waals surface area contributed by atoms with Crippen LogP contribution in [0.25, 0.3) is 0 Å². The van der Waals surface area contributed by atoms with Crippen LogP contribution in [0.3, 0.4) is 0 Å². The van der Waals surface area contributed by atoms with Gasteiger partial charge in [0.05, 0.1) is 11.1 Å². The Morgan fingerprint density at radius 2 is 2.20 bits per heavy atom. The molecule has 0 radical (unpaired) electrons. The maximum absolute atomic E-state index is 5.94. The number of hydrogen-bond acceptors (Lipinski definition) is 5. The molecule has 108 valence electrons. The summed E-state index contributed by atoms with van der Waals surface area (Å²) in [6.07, 6.45) is 1.06. The molecule has 20 heavy (non-hydrogen) atoms. The lowest BCUT2D eigenvalue weighted by molar-refractivity contribution is 0.424. The van der Waals surface area contributed by atoms with Crippen LogP contribution in [-0.2, 0) is 0 Å². The van der Waals surface area contributed by atoms with E-state index in [2.05, 4.69) is 43.7 Å². The molecule has 2 aromatic rings. The van der Waals surface area contributed by atoms with E-state index in [1.165, 1.54) is 0 Å². The topological polar surface area (TPSA) is 63.0 Å². The Morgan fingerprint density at radius 3 is 2.90 bits per heavy atom. The van der Waals surface area contributed by atoms with E-state index in [0.29, 0.717) is 16.9 Å². The van der Waals surface area contributed by atoms with Crippen molar-refractivity contribution >= 4 is 39.2 Å². The first-order chi connectivity index (χ1) is 9.60. The first-order valence-electron chi connectivity index (χ1n) is 6.39. The van der Waals surface area contributed by atoms with Crippen molar-refractivity contribution < 1.29 is 4.42 Å². The van der Waals surface area contributed by atoms with Crippen LogP contribution in [0.2, 0.25) is 5.02 Å². The molecule has 0 bridgehead atoms. The Kier molecular flexibility index (Phi) is 5.39. The van der Waals surface area contributed by atoms with Gasteiger partial charge in [0, 0.05) is 10.2 Å². The molecule has 0 aliphatic rings. The molecule has 1 aromatic heterocycles. The second-order valence-electron chi connectivity index (χ2n) is 4.38. The van der Waals surface area contributed by atoms with Gasteiger partial charge in [-0.1, -0.05) is 23.6 Å². The lowest BCUT2D eigenvalue weighted by Crippen LogP contribution is -2.19. The molecular formula is C13H16BrClN4O.